The van der Waals surface area contributed by atoms with Crippen LogP contribution in [0, 0.1) is 0 Å². The van der Waals surface area contributed by atoms with Crippen molar-refractivity contribution in [3.05, 3.63) is 30.0 Å². The number of benzene rings is 1. The highest BCUT2D eigenvalue weighted by Gasteiger charge is 2.21. The predicted molar refractivity (Wildman–Crippen MR) is 58.2 cm³/mol. The summed E-state index contributed by atoms with van der Waals surface area (Å²) in [6, 6.07) is 6.18. The van der Waals surface area contributed by atoms with Crippen molar-refractivity contribution in [2.75, 3.05) is 6.54 Å². The van der Waals surface area contributed by atoms with Crippen molar-refractivity contribution in [2.24, 2.45) is 5.73 Å². The number of nitrogens with one attached hydrogen (secondary N) is 1. The highest BCUT2D eigenvalue weighted by Crippen LogP contribution is 2.28. The van der Waals surface area contributed by atoms with Crippen molar-refractivity contribution in [1.29, 1.82) is 0 Å². The molecule has 1 aromatic carbocycles. The van der Waals surface area contributed by atoms with Gasteiger partial charge in [0.25, 0.3) is 0 Å². The van der Waals surface area contributed by atoms with Crippen molar-refractivity contribution < 1.29 is 0 Å². The molecule has 1 heterocycles. The van der Waals surface area contributed by atoms with E-state index >= 15 is 0 Å². The first-order valence-electron chi connectivity index (χ1n) is 4.78. The molecule has 0 aliphatic rings. The Hall–Kier alpha value is -1.35. The lowest BCUT2D eigenvalue weighted by molar-refractivity contribution is 0.544. The SMILES string of the molecule is CC(C)(CN)c1cccc2[nH]ncc12. The van der Waals surface area contributed by atoms with Gasteiger partial charge in [-0.15, -0.1) is 0 Å². The minimum absolute atomic E-state index is 0.00336. The lowest BCUT2D eigenvalue weighted by atomic mass is 9.83. The number of rotatable bonds is 2. The summed E-state index contributed by atoms with van der Waals surface area (Å²) in [4.78, 5) is 0. The standard InChI is InChI=1S/C11H15N3/c1-11(2,7-12)9-4-3-5-10-8(9)6-13-14-10/h3-6H,7,12H2,1-2H3,(H,13,14). The summed E-state index contributed by atoms with van der Waals surface area (Å²) < 4.78 is 0. The van der Waals surface area contributed by atoms with Gasteiger partial charge in [-0.25, -0.2) is 0 Å². The van der Waals surface area contributed by atoms with Crippen LogP contribution < -0.4 is 5.73 Å². The molecule has 14 heavy (non-hydrogen) atoms. The van der Waals surface area contributed by atoms with E-state index < -0.39 is 0 Å². The third-order valence-electron chi connectivity index (χ3n) is 2.72. The van der Waals surface area contributed by atoms with Crippen LogP contribution in [0.4, 0.5) is 0 Å². The Morgan fingerprint density at radius 1 is 1.43 bits per heavy atom. The molecule has 0 bridgehead atoms. The van der Waals surface area contributed by atoms with E-state index in [1.54, 1.807) is 0 Å². The Balaban J connectivity index is 2.67. The molecule has 1 aromatic heterocycles. The molecule has 0 unspecified atom stereocenters. The van der Waals surface area contributed by atoms with E-state index in [-0.39, 0.29) is 5.41 Å². The van der Waals surface area contributed by atoms with Crippen LogP contribution >= 0.6 is 0 Å². The molecule has 74 valence electrons. The average Bonchev–Trinajstić information content (AvgIpc) is 2.64. The van der Waals surface area contributed by atoms with E-state index in [0.717, 1.165) is 5.52 Å². The van der Waals surface area contributed by atoms with Crippen molar-refractivity contribution in [3.8, 4) is 0 Å². The molecule has 0 amide bonds. The van der Waals surface area contributed by atoms with Crippen LogP contribution in [0.15, 0.2) is 24.4 Å². The summed E-state index contributed by atoms with van der Waals surface area (Å²) in [5, 5.41) is 8.18. The topological polar surface area (TPSA) is 54.7 Å². The fourth-order valence-corrected chi connectivity index (χ4v) is 1.67. The minimum atomic E-state index is 0.00336. The number of aromatic nitrogens is 2. The number of aromatic amines is 1. The molecular weight excluding hydrogens is 174 g/mol. The Bertz CT molecular complexity index is 442. The van der Waals surface area contributed by atoms with Gasteiger partial charge in [0.1, 0.15) is 0 Å². The summed E-state index contributed by atoms with van der Waals surface area (Å²) in [5.74, 6) is 0. The lowest BCUT2D eigenvalue weighted by Crippen LogP contribution is -2.28. The number of fused-ring (bicyclic) bond motifs is 1. The number of hydrogen-bond acceptors (Lipinski definition) is 2. The molecule has 0 fully saturated rings. The van der Waals surface area contributed by atoms with Crippen molar-refractivity contribution >= 4 is 10.9 Å². The van der Waals surface area contributed by atoms with Crippen LogP contribution in [0.25, 0.3) is 10.9 Å². The van der Waals surface area contributed by atoms with Gasteiger partial charge in [-0.1, -0.05) is 26.0 Å². The summed E-state index contributed by atoms with van der Waals surface area (Å²) in [6.07, 6.45) is 1.86. The van der Waals surface area contributed by atoms with E-state index in [2.05, 4.69) is 30.1 Å². The Labute approximate surface area is 83.3 Å². The van der Waals surface area contributed by atoms with E-state index in [1.807, 2.05) is 18.3 Å². The Morgan fingerprint density at radius 3 is 2.93 bits per heavy atom. The monoisotopic (exact) mass is 189 g/mol. The first-order valence-corrected chi connectivity index (χ1v) is 4.78. The van der Waals surface area contributed by atoms with Crippen LogP contribution in [0.1, 0.15) is 19.4 Å². The van der Waals surface area contributed by atoms with Crippen LogP contribution in [0.3, 0.4) is 0 Å². The van der Waals surface area contributed by atoms with Gasteiger partial charge in [0.2, 0.25) is 0 Å². The maximum Gasteiger partial charge on any atom is 0.0653 e. The zero-order valence-electron chi connectivity index (χ0n) is 8.54. The quantitative estimate of drug-likeness (QED) is 0.756. The van der Waals surface area contributed by atoms with E-state index in [0.29, 0.717) is 6.54 Å². The lowest BCUT2D eigenvalue weighted by Gasteiger charge is -2.23. The van der Waals surface area contributed by atoms with Crippen LogP contribution in [-0.2, 0) is 5.41 Å². The third-order valence-corrected chi connectivity index (χ3v) is 2.72. The maximum atomic E-state index is 5.77. The van der Waals surface area contributed by atoms with E-state index in [1.165, 1.54) is 10.9 Å². The first-order chi connectivity index (χ1) is 6.65. The molecule has 0 saturated carbocycles. The molecular formula is C11H15N3. The van der Waals surface area contributed by atoms with Gasteiger partial charge in [0, 0.05) is 17.3 Å². The van der Waals surface area contributed by atoms with Gasteiger partial charge < -0.3 is 5.73 Å². The fourth-order valence-electron chi connectivity index (χ4n) is 1.67. The summed E-state index contributed by atoms with van der Waals surface area (Å²) in [7, 11) is 0. The van der Waals surface area contributed by atoms with Crippen molar-refractivity contribution in [1.82, 2.24) is 10.2 Å². The molecule has 0 spiro atoms. The second-order valence-electron chi connectivity index (χ2n) is 4.22. The first kappa shape index (κ1) is 9.21. The van der Waals surface area contributed by atoms with Crippen molar-refractivity contribution in [3.63, 3.8) is 0 Å². The van der Waals surface area contributed by atoms with Crippen LogP contribution in [0.5, 0.6) is 0 Å². The predicted octanol–water partition coefficient (Wildman–Crippen LogP) is 1.80. The summed E-state index contributed by atoms with van der Waals surface area (Å²) >= 11 is 0. The van der Waals surface area contributed by atoms with Gasteiger partial charge in [-0.2, -0.15) is 5.10 Å². The van der Waals surface area contributed by atoms with Gasteiger partial charge in [-0.3, -0.25) is 5.10 Å². The Morgan fingerprint density at radius 2 is 2.21 bits per heavy atom. The molecule has 3 nitrogen and oxygen atoms in total. The smallest absolute Gasteiger partial charge is 0.0653 e. The zero-order chi connectivity index (χ0) is 10.2. The fraction of sp³-hybridized carbons (Fsp3) is 0.364. The molecule has 0 saturated heterocycles. The number of hydrogen-bond donors (Lipinski definition) is 2. The van der Waals surface area contributed by atoms with Gasteiger partial charge in [0.15, 0.2) is 0 Å². The summed E-state index contributed by atoms with van der Waals surface area (Å²) in [5.41, 5.74) is 8.10. The van der Waals surface area contributed by atoms with Gasteiger partial charge in [-0.05, 0) is 11.6 Å². The largest absolute Gasteiger partial charge is 0.330 e. The normalized spacial score (nSPS) is 12.2. The minimum Gasteiger partial charge on any atom is -0.330 e. The van der Waals surface area contributed by atoms with E-state index in [4.69, 9.17) is 5.73 Å². The highest BCUT2D eigenvalue weighted by atomic mass is 15.1. The highest BCUT2D eigenvalue weighted by molar-refractivity contribution is 5.82. The number of nitrogens with two attached hydrogens (primary N) is 1. The second-order valence-corrected chi connectivity index (χ2v) is 4.22. The Kier molecular flexibility index (Phi) is 2.04. The molecule has 3 heteroatoms. The maximum absolute atomic E-state index is 5.77. The molecule has 2 rings (SSSR count). The summed E-state index contributed by atoms with van der Waals surface area (Å²) in [6.45, 7) is 4.93. The third kappa shape index (κ3) is 1.30. The second kappa shape index (κ2) is 3.10. The zero-order valence-corrected chi connectivity index (χ0v) is 8.54. The molecule has 3 N–H and O–H groups in total. The van der Waals surface area contributed by atoms with Crippen LogP contribution in [-0.4, -0.2) is 16.7 Å². The average molecular weight is 189 g/mol. The number of H-pyrrole nitrogens is 1. The number of nitrogens with zero attached hydrogens (tertiary/aromatic N) is 1. The molecule has 2 aromatic rings. The molecule has 0 atom stereocenters. The van der Waals surface area contributed by atoms with Crippen molar-refractivity contribution in [2.45, 2.75) is 19.3 Å². The molecule has 0 radical (unpaired) electrons. The van der Waals surface area contributed by atoms with Crippen LogP contribution in [0.2, 0.25) is 0 Å². The van der Waals surface area contributed by atoms with Gasteiger partial charge in [0.05, 0.1) is 11.7 Å². The van der Waals surface area contributed by atoms with E-state index in [9.17, 15) is 0 Å². The molecule has 0 aliphatic heterocycles. The molecule has 0 aliphatic carbocycles. The van der Waals surface area contributed by atoms with Gasteiger partial charge >= 0.3 is 0 Å².